The van der Waals surface area contributed by atoms with Crippen molar-refractivity contribution in [1.29, 1.82) is 0 Å². The molecule has 34 heavy (non-hydrogen) atoms. The van der Waals surface area contributed by atoms with Gasteiger partial charge in [0.25, 0.3) is 0 Å². The molecule has 2 fully saturated rings. The fraction of sp³-hybridized carbons (Fsp3) is 0.385. The van der Waals surface area contributed by atoms with Crippen LogP contribution in [0.4, 0.5) is 10.1 Å². The molecule has 2 aromatic carbocycles. The monoisotopic (exact) mass is 462 g/mol. The van der Waals surface area contributed by atoms with Crippen LogP contribution in [-0.4, -0.2) is 46.5 Å². The number of likely N-dealkylation sites (tertiary alicyclic amines) is 1. The van der Waals surface area contributed by atoms with Crippen LogP contribution in [0, 0.1) is 25.6 Å². The van der Waals surface area contributed by atoms with Gasteiger partial charge in [0, 0.05) is 37.3 Å². The molecular formula is C26H27FN4O3. The molecule has 8 heteroatoms. The lowest BCUT2D eigenvalue weighted by atomic mass is 9.96. The number of carbonyl (C=O) groups excluding carboxylic acids is 2. The van der Waals surface area contributed by atoms with Crippen molar-refractivity contribution in [2.45, 2.75) is 39.0 Å². The highest BCUT2D eigenvalue weighted by molar-refractivity contribution is 6.00. The molecule has 3 heterocycles. The minimum absolute atomic E-state index is 0.00246. The Morgan fingerprint density at radius 3 is 2.62 bits per heavy atom. The van der Waals surface area contributed by atoms with E-state index in [9.17, 15) is 14.0 Å². The molecule has 176 valence electrons. The molecule has 2 saturated heterocycles. The summed E-state index contributed by atoms with van der Waals surface area (Å²) in [6.45, 7) is 5.60. The van der Waals surface area contributed by atoms with Crippen LogP contribution >= 0.6 is 0 Å². The number of rotatable bonds is 4. The molecule has 2 aliphatic heterocycles. The first-order valence-electron chi connectivity index (χ1n) is 11.6. The summed E-state index contributed by atoms with van der Waals surface area (Å²) < 4.78 is 19.1. The standard InChI is InChI=1S/C26H27FN4O3/c1-16-5-10-22(12-17(16)2)31-15-20(13-23(31)32)26(33)30-11-3-4-19(14-30)25-29-28-24(34-25)18-6-8-21(27)9-7-18/h5-10,12,19-20H,3-4,11,13-15H2,1-2H3. The summed E-state index contributed by atoms with van der Waals surface area (Å²) in [6, 6.07) is 11.9. The zero-order valence-corrected chi connectivity index (χ0v) is 19.3. The molecule has 2 aliphatic rings. The highest BCUT2D eigenvalue weighted by Crippen LogP contribution is 2.32. The molecule has 7 nitrogen and oxygen atoms in total. The van der Waals surface area contributed by atoms with E-state index in [1.54, 1.807) is 17.0 Å². The average molecular weight is 463 g/mol. The molecule has 3 aromatic rings. The number of benzene rings is 2. The minimum atomic E-state index is -0.356. The first-order chi connectivity index (χ1) is 16.4. The first-order valence-corrected chi connectivity index (χ1v) is 11.6. The topological polar surface area (TPSA) is 79.5 Å². The predicted molar refractivity (Wildman–Crippen MR) is 125 cm³/mol. The maximum Gasteiger partial charge on any atom is 0.247 e. The third kappa shape index (κ3) is 4.32. The lowest BCUT2D eigenvalue weighted by Gasteiger charge is -2.32. The molecule has 0 aliphatic carbocycles. The molecular weight excluding hydrogens is 435 g/mol. The second kappa shape index (κ2) is 9.00. The van der Waals surface area contributed by atoms with Gasteiger partial charge in [-0.1, -0.05) is 6.07 Å². The van der Waals surface area contributed by atoms with E-state index < -0.39 is 0 Å². The van der Waals surface area contributed by atoms with Crippen molar-refractivity contribution in [1.82, 2.24) is 15.1 Å². The minimum Gasteiger partial charge on any atom is -0.420 e. The van der Waals surface area contributed by atoms with E-state index in [2.05, 4.69) is 10.2 Å². The number of halogens is 1. The largest absolute Gasteiger partial charge is 0.420 e. The molecule has 2 amide bonds. The predicted octanol–water partition coefficient (Wildman–Crippen LogP) is 4.25. The van der Waals surface area contributed by atoms with Crippen molar-refractivity contribution in [2.75, 3.05) is 24.5 Å². The Bertz CT molecular complexity index is 1220. The van der Waals surface area contributed by atoms with Gasteiger partial charge in [-0.15, -0.1) is 10.2 Å². The van der Waals surface area contributed by atoms with Crippen molar-refractivity contribution in [2.24, 2.45) is 5.92 Å². The van der Waals surface area contributed by atoms with Gasteiger partial charge in [0.2, 0.25) is 23.6 Å². The van der Waals surface area contributed by atoms with E-state index >= 15 is 0 Å². The van der Waals surface area contributed by atoms with Crippen LogP contribution in [0.1, 0.15) is 42.2 Å². The molecule has 0 radical (unpaired) electrons. The van der Waals surface area contributed by atoms with Crippen molar-refractivity contribution >= 4 is 17.5 Å². The second-order valence-electron chi connectivity index (χ2n) is 9.25. The maximum atomic E-state index is 13.3. The van der Waals surface area contributed by atoms with E-state index in [4.69, 9.17) is 4.42 Å². The van der Waals surface area contributed by atoms with Crippen LogP contribution < -0.4 is 4.90 Å². The number of aromatic nitrogens is 2. The van der Waals surface area contributed by atoms with E-state index in [1.165, 1.54) is 17.7 Å². The number of anilines is 1. The van der Waals surface area contributed by atoms with Crippen LogP contribution in [0.3, 0.4) is 0 Å². The van der Waals surface area contributed by atoms with Crippen molar-refractivity contribution in [3.63, 3.8) is 0 Å². The number of carbonyl (C=O) groups is 2. The molecule has 2 atom stereocenters. The van der Waals surface area contributed by atoms with Crippen LogP contribution in [0.15, 0.2) is 46.9 Å². The van der Waals surface area contributed by atoms with Crippen LogP contribution in [0.5, 0.6) is 0 Å². The van der Waals surface area contributed by atoms with E-state index in [0.717, 1.165) is 24.1 Å². The molecule has 2 unspecified atom stereocenters. The molecule has 0 saturated carbocycles. The molecule has 0 spiro atoms. The zero-order chi connectivity index (χ0) is 23.8. The molecule has 0 bridgehead atoms. The summed E-state index contributed by atoms with van der Waals surface area (Å²) in [5.74, 6) is 0.0580. The van der Waals surface area contributed by atoms with Gasteiger partial charge in [-0.2, -0.15) is 0 Å². The first kappa shape index (κ1) is 22.3. The summed E-state index contributed by atoms with van der Waals surface area (Å²) in [5, 5.41) is 8.31. The second-order valence-corrected chi connectivity index (χ2v) is 9.25. The van der Waals surface area contributed by atoms with Gasteiger partial charge in [-0.05, 0) is 74.2 Å². The Labute approximate surface area is 197 Å². The van der Waals surface area contributed by atoms with Gasteiger partial charge < -0.3 is 14.2 Å². The van der Waals surface area contributed by atoms with Crippen molar-refractivity contribution in [3.05, 3.63) is 65.3 Å². The van der Waals surface area contributed by atoms with Gasteiger partial charge >= 0.3 is 0 Å². The maximum absolute atomic E-state index is 13.3. The number of aryl methyl sites for hydroxylation is 2. The Balaban J connectivity index is 1.26. The van der Waals surface area contributed by atoms with Crippen molar-refractivity contribution < 1.29 is 18.4 Å². The van der Waals surface area contributed by atoms with Gasteiger partial charge in [0.1, 0.15) is 5.82 Å². The lowest BCUT2D eigenvalue weighted by Crippen LogP contribution is -2.43. The van der Waals surface area contributed by atoms with Crippen LogP contribution in [0.25, 0.3) is 11.5 Å². The Hall–Kier alpha value is -3.55. The molecule has 5 rings (SSSR count). The van der Waals surface area contributed by atoms with Crippen LogP contribution in [0.2, 0.25) is 0 Å². The van der Waals surface area contributed by atoms with Crippen molar-refractivity contribution in [3.8, 4) is 11.5 Å². The lowest BCUT2D eigenvalue weighted by molar-refractivity contribution is -0.137. The smallest absolute Gasteiger partial charge is 0.247 e. The normalized spacial score (nSPS) is 20.7. The molecule has 0 N–H and O–H groups in total. The van der Waals surface area contributed by atoms with Crippen LogP contribution in [-0.2, 0) is 9.59 Å². The fourth-order valence-corrected chi connectivity index (χ4v) is 4.76. The number of piperidine rings is 1. The number of amides is 2. The van der Waals surface area contributed by atoms with Gasteiger partial charge in [-0.3, -0.25) is 9.59 Å². The Morgan fingerprint density at radius 1 is 1.06 bits per heavy atom. The third-order valence-corrected chi connectivity index (χ3v) is 6.89. The molecule has 1 aromatic heterocycles. The van der Waals surface area contributed by atoms with E-state index in [1.807, 2.05) is 36.9 Å². The highest BCUT2D eigenvalue weighted by atomic mass is 19.1. The number of hydrogen-bond donors (Lipinski definition) is 0. The SMILES string of the molecule is Cc1ccc(N2CC(C(=O)N3CCCC(c4nnc(-c5ccc(F)cc5)o4)C3)CC2=O)cc1C. The highest BCUT2D eigenvalue weighted by Gasteiger charge is 2.39. The van der Waals surface area contributed by atoms with Gasteiger partial charge in [-0.25, -0.2) is 4.39 Å². The van der Waals surface area contributed by atoms with E-state index in [-0.39, 0.29) is 35.9 Å². The van der Waals surface area contributed by atoms with Gasteiger partial charge in [0.15, 0.2) is 0 Å². The Kier molecular flexibility index (Phi) is 5.89. The summed E-state index contributed by atoms with van der Waals surface area (Å²) >= 11 is 0. The fourth-order valence-electron chi connectivity index (χ4n) is 4.76. The zero-order valence-electron chi connectivity index (χ0n) is 19.3. The Morgan fingerprint density at radius 2 is 1.85 bits per heavy atom. The average Bonchev–Trinajstić information content (AvgIpc) is 3.48. The number of hydrogen-bond acceptors (Lipinski definition) is 5. The quantitative estimate of drug-likeness (QED) is 0.579. The summed E-state index contributed by atoms with van der Waals surface area (Å²) in [5.41, 5.74) is 3.79. The summed E-state index contributed by atoms with van der Waals surface area (Å²) in [6.07, 6.45) is 1.89. The van der Waals surface area contributed by atoms with Gasteiger partial charge in [0.05, 0.1) is 11.8 Å². The summed E-state index contributed by atoms with van der Waals surface area (Å²) in [7, 11) is 0. The number of nitrogens with zero attached hydrogens (tertiary/aromatic N) is 4. The summed E-state index contributed by atoms with van der Waals surface area (Å²) in [4.78, 5) is 29.6. The third-order valence-electron chi connectivity index (χ3n) is 6.89. The van der Waals surface area contributed by atoms with E-state index in [0.29, 0.717) is 37.0 Å².